The van der Waals surface area contributed by atoms with Crippen LogP contribution < -0.4 is 20.5 Å². The van der Waals surface area contributed by atoms with Gasteiger partial charge in [-0.2, -0.15) is 0 Å². The molecule has 1 aromatic heterocycles. The SMILES string of the molecule is CCn1c(=O)oc2cc(NC(=O)c3c(OC)cccc3OC)ccc21. The van der Waals surface area contributed by atoms with E-state index >= 15 is 0 Å². The van der Waals surface area contributed by atoms with Crippen molar-refractivity contribution in [2.75, 3.05) is 19.5 Å². The molecule has 3 rings (SSSR count). The van der Waals surface area contributed by atoms with Crippen molar-refractivity contribution in [3.8, 4) is 11.5 Å². The van der Waals surface area contributed by atoms with E-state index in [0.717, 1.165) is 0 Å². The van der Waals surface area contributed by atoms with E-state index in [2.05, 4.69) is 5.32 Å². The summed E-state index contributed by atoms with van der Waals surface area (Å²) in [6, 6.07) is 10.2. The van der Waals surface area contributed by atoms with Gasteiger partial charge in [0, 0.05) is 18.3 Å². The Hall–Kier alpha value is -3.22. The highest BCUT2D eigenvalue weighted by Crippen LogP contribution is 2.29. The van der Waals surface area contributed by atoms with Gasteiger partial charge < -0.3 is 19.2 Å². The van der Waals surface area contributed by atoms with Crippen LogP contribution in [0.3, 0.4) is 0 Å². The minimum Gasteiger partial charge on any atom is -0.496 e. The van der Waals surface area contributed by atoms with Gasteiger partial charge in [-0.1, -0.05) is 6.07 Å². The Bertz CT molecular complexity index is 965. The van der Waals surface area contributed by atoms with E-state index in [4.69, 9.17) is 13.9 Å². The molecule has 0 fully saturated rings. The topological polar surface area (TPSA) is 82.7 Å². The number of fused-ring (bicyclic) bond motifs is 1. The summed E-state index contributed by atoms with van der Waals surface area (Å²) in [5, 5.41) is 2.78. The van der Waals surface area contributed by atoms with Crippen LogP contribution in [0.1, 0.15) is 17.3 Å². The first-order valence-corrected chi connectivity index (χ1v) is 7.74. The van der Waals surface area contributed by atoms with Crippen molar-refractivity contribution in [3.05, 3.63) is 52.5 Å². The Morgan fingerprint density at radius 2 is 1.84 bits per heavy atom. The number of ether oxygens (including phenoxy) is 2. The average molecular weight is 342 g/mol. The number of rotatable bonds is 5. The largest absolute Gasteiger partial charge is 0.496 e. The second-order valence-electron chi connectivity index (χ2n) is 5.29. The molecule has 7 nitrogen and oxygen atoms in total. The van der Waals surface area contributed by atoms with Crippen LogP contribution in [-0.2, 0) is 6.54 Å². The van der Waals surface area contributed by atoms with E-state index in [1.54, 1.807) is 36.4 Å². The number of anilines is 1. The maximum absolute atomic E-state index is 12.7. The number of carbonyl (C=O) groups excluding carboxylic acids is 1. The molecule has 0 aliphatic carbocycles. The van der Waals surface area contributed by atoms with Gasteiger partial charge in [0.05, 0.1) is 19.7 Å². The van der Waals surface area contributed by atoms with Gasteiger partial charge in [-0.05, 0) is 31.2 Å². The highest BCUT2D eigenvalue weighted by atomic mass is 16.5. The number of amides is 1. The van der Waals surface area contributed by atoms with Crippen molar-refractivity contribution >= 4 is 22.7 Å². The number of nitrogens with zero attached hydrogens (tertiary/aromatic N) is 1. The quantitative estimate of drug-likeness (QED) is 0.771. The standard InChI is InChI=1S/C18H18N2O5/c1-4-20-12-9-8-11(10-15(12)25-18(20)22)19-17(21)16-13(23-2)6-5-7-14(16)24-3/h5-10H,4H2,1-3H3,(H,19,21). The summed E-state index contributed by atoms with van der Waals surface area (Å²) in [4.78, 5) is 24.4. The number of nitrogens with one attached hydrogen (secondary N) is 1. The predicted octanol–water partition coefficient (Wildman–Crippen LogP) is 2.88. The lowest BCUT2D eigenvalue weighted by Gasteiger charge is -2.13. The van der Waals surface area contributed by atoms with Gasteiger partial charge in [0.15, 0.2) is 5.58 Å². The first kappa shape index (κ1) is 16.6. The van der Waals surface area contributed by atoms with Crippen LogP contribution in [0.5, 0.6) is 11.5 Å². The fourth-order valence-electron chi connectivity index (χ4n) is 2.71. The third-order valence-corrected chi connectivity index (χ3v) is 3.90. The fourth-order valence-corrected chi connectivity index (χ4v) is 2.71. The van der Waals surface area contributed by atoms with Crippen LogP contribution in [0.4, 0.5) is 5.69 Å². The van der Waals surface area contributed by atoms with Gasteiger partial charge in [-0.25, -0.2) is 4.79 Å². The summed E-state index contributed by atoms with van der Waals surface area (Å²) in [5.74, 6) is 0.00138. The minimum atomic E-state index is -0.424. The van der Waals surface area contributed by atoms with Crippen LogP contribution in [0, 0.1) is 0 Å². The lowest BCUT2D eigenvalue weighted by Crippen LogP contribution is -2.14. The van der Waals surface area contributed by atoms with Gasteiger partial charge >= 0.3 is 5.76 Å². The van der Waals surface area contributed by atoms with E-state index in [1.165, 1.54) is 18.8 Å². The zero-order valence-electron chi connectivity index (χ0n) is 14.2. The van der Waals surface area contributed by atoms with Crippen LogP contribution in [-0.4, -0.2) is 24.7 Å². The zero-order chi connectivity index (χ0) is 18.0. The molecule has 0 spiro atoms. The van der Waals surface area contributed by atoms with Crippen molar-refractivity contribution in [2.45, 2.75) is 13.5 Å². The molecule has 0 saturated carbocycles. The Kier molecular flexibility index (Phi) is 4.47. The highest BCUT2D eigenvalue weighted by Gasteiger charge is 2.19. The molecular weight excluding hydrogens is 324 g/mol. The summed E-state index contributed by atoms with van der Waals surface area (Å²) in [7, 11) is 2.97. The van der Waals surface area contributed by atoms with E-state index < -0.39 is 5.76 Å². The first-order chi connectivity index (χ1) is 12.1. The number of aryl methyl sites for hydroxylation is 1. The summed E-state index contributed by atoms with van der Waals surface area (Å²) < 4.78 is 17.2. The second kappa shape index (κ2) is 6.72. The minimum absolute atomic E-state index is 0.292. The normalized spacial score (nSPS) is 10.7. The molecule has 0 saturated heterocycles. The number of aromatic nitrogens is 1. The highest BCUT2D eigenvalue weighted by molar-refractivity contribution is 6.08. The maximum Gasteiger partial charge on any atom is 0.419 e. The van der Waals surface area contributed by atoms with Crippen LogP contribution in [0.2, 0.25) is 0 Å². The number of hydrogen-bond donors (Lipinski definition) is 1. The number of carbonyl (C=O) groups is 1. The van der Waals surface area contributed by atoms with Gasteiger partial charge in [-0.3, -0.25) is 9.36 Å². The molecule has 130 valence electrons. The van der Waals surface area contributed by atoms with E-state index in [0.29, 0.717) is 40.4 Å². The molecule has 0 bridgehead atoms. The van der Waals surface area contributed by atoms with Crippen molar-refractivity contribution in [3.63, 3.8) is 0 Å². The Balaban J connectivity index is 1.96. The van der Waals surface area contributed by atoms with Gasteiger partial charge in [0.2, 0.25) is 0 Å². The molecule has 2 aromatic carbocycles. The van der Waals surface area contributed by atoms with Crippen molar-refractivity contribution in [2.24, 2.45) is 0 Å². The third kappa shape index (κ3) is 2.96. The Labute approximate surface area is 143 Å². The van der Waals surface area contributed by atoms with Crippen LogP contribution >= 0.6 is 0 Å². The predicted molar refractivity (Wildman–Crippen MR) is 93.6 cm³/mol. The molecule has 0 atom stereocenters. The smallest absolute Gasteiger partial charge is 0.419 e. The molecule has 1 heterocycles. The molecule has 0 unspecified atom stereocenters. The average Bonchev–Trinajstić information content (AvgIpc) is 2.94. The number of hydrogen-bond acceptors (Lipinski definition) is 5. The first-order valence-electron chi connectivity index (χ1n) is 7.74. The molecule has 1 amide bonds. The number of oxazole rings is 1. The van der Waals surface area contributed by atoms with Crippen molar-refractivity contribution in [1.29, 1.82) is 0 Å². The van der Waals surface area contributed by atoms with Crippen molar-refractivity contribution < 1.29 is 18.7 Å². The Morgan fingerprint density at radius 3 is 2.44 bits per heavy atom. The molecule has 0 radical (unpaired) electrons. The molecular formula is C18H18N2O5. The Morgan fingerprint density at radius 1 is 1.16 bits per heavy atom. The van der Waals surface area contributed by atoms with E-state index in [9.17, 15) is 9.59 Å². The number of benzene rings is 2. The van der Waals surface area contributed by atoms with Crippen LogP contribution in [0.15, 0.2) is 45.6 Å². The van der Waals surface area contributed by atoms with Crippen LogP contribution in [0.25, 0.3) is 11.1 Å². The molecule has 7 heteroatoms. The zero-order valence-corrected chi connectivity index (χ0v) is 14.2. The lowest BCUT2D eigenvalue weighted by atomic mass is 10.1. The molecule has 25 heavy (non-hydrogen) atoms. The monoisotopic (exact) mass is 342 g/mol. The van der Waals surface area contributed by atoms with E-state index in [-0.39, 0.29) is 5.91 Å². The summed E-state index contributed by atoms with van der Waals surface area (Å²) in [6.45, 7) is 2.37. The second-order valence-corrected chi connectivity index (χ2v) is 5.29. The summed E-state index contributed by atoms with van der Waals surface area (Å²) >= 11 is 0. The molecule has 3 aromatic rings. The van der Waals surface area contributed by atoms with E-state index in [1.807, 2.05) is 6.92 Å². The molecule has 0 aliphatic rings. The maximum atomic E-state index is 12.7. The fraction of sp³-hybridized carbons (Fsp3) is 0.222. The van der Waals surface area contributed by atoms with Gasteiger partial charge in [0.1, 0.15) is 17.1 Å². The van der Waals surface area contributed by atoms with Crippen molar-refractivity contribution in [1.82, 2.24) is 4.57 Å². The third-order valence-electron chi connectivity index (χ3n) is 3.90. The van der Waals surface area contributed by atoms with Gasteiger partial charge in [0.25, 0.3) is 5.91 Å². The van der Waals surface area contributed by atoms with Gasteiger partial charge in [-0.15, -0.1) is 0 Å². The molecule has 0 aliphatic heterocycles. The summed E-state index contributed by atoms with van der Waals surface area (Å²) in [6.07, 6.45) is 0. The number of methoxy groups -OCH3 is 2. The summed E-state index contributed by atoms with van der Waals surface area (Å²) in [5.41, 5.74) is 1.89. The lowest BCUT2D eigenvalue weighted by molar-refractivity contribution is 0.102. The molecule has 1 N–H and O–H groups in total.